The summed E-state index contributed by atoms with van der Waals surface area (Å²) >= 11 is 0. The highest BCUT2D eigenvalue weighted by Gasteiger charge is 2.48. The van der Waals surface area contributed by atoms with Crippen molar-refractivity contribution in [2.24, 2.45) is 5.92 Å². The van der Waals surface area contributed by atoms with Crippen LogP contribution in [-0.2, 0) is 0 Å². The quantitative estimate of drug-likeness (QED) is 0.690. The maximum atomic E-state index is 13.4. The number of hydrogen-bond donors (Lipinski definition) is 1. The van der Waals surface area contributed by atoms with Crippen LogP contribution in [0.5, 0.6) is 0 Å². The molecule has 1 aliphatic carbocycles. The molecule has 3 unspecified atom stereocenters. The van der Waals surface area contributed by atoms with E-state index in [1.807, 2.05) is 12.1 Å². The van der Waals surface area contributed by atoms with Crippen molar-refractivity contribution in [3.63, 3.8) is 0 Å². The molecular weight excluding hydrogens is 165 g/mol. The molecule has 1 aromatic rings. The Kier molecular flexibility index (Phi) is 1.47. The average Bonchev–Trinajstić information content (AvgIpc) is 2.11. The minimum atomic E-state index is -0.0298. The standard InChI is InChI=1S/C11H12FN/c12-10-4-2-1-3-7(10)8-5-11-9(8)6-13-11/h1-4,8-9,11,13H,5-6H2. The van der Waals surface area contributed by atoms with Crippen molar-refractivity contribution in [2.75, 3.05) is 6.54 Å². The molecule has 1 N–H and O–H groups in total. The first-order valence-electron chi connectivity index (χ1n) is 4.84. The van der Waals surface area contributed by atoms with Gasteiger partial charge in [-0.1, -0.05) is 18.2 Å². The van der Waals surface area contributed by atoms with Gasteiger partial charge in [0.1, 0.15) is 5.82 Å². The zero-order valence-corrected chi connectivity index (χ0v) is 7.33. The smallest absolute Gasteiger partial charge is 0.126 e. The van der Waals surface area contributed by atoms with Crippen LogP contribution in [0.25, 0.3) is 0 Å². The summed E-state index contributed by atoms with van der Waals surface area (Å²) in [6.07, 6.45) is 1.12. The zero-order valence-electron chi connectivity index (χ0n) is 7.33. The predicted octanol–water partition coefficient (Wildman–Crippen LogP) is 1.90. The van der Waals surface area contributed by atoms with Crippen molar-refractivity contribution in [1.29, 1.82) is 0 Å². The van der Waals surface area contributed by atoms with E-state index in [9.17, 15) is 4.39 Å². The van der Waals surface area contributed by atoms with E-state index in [0.717, 1.165) is 18.5 Å². The monoisotopic (exact) mass is 177 g/mol. The molecule has 1 aliphatic heterocycles. The van der Waals surface area contributed by atoms with Gasteiger partial charge in [0.15, 0.2) is 0 Å². The molecule has 0 spiro atoms. The third-order valence-electron chi connectivity index (χ3n) is 3.46. The van der Waals surface area contributed by atoms with Crippen LogP contribution in [0.15, 0.2) is 24.3 Å². The van der Waals surface area contributed by atoms with Crippen LogP contribution < -0.4 is 5.32 Å². The largest absolute Gasteiger partial charge is 0.313 e. The first-order valence-corrected chi connectivity index (χ1v) is 4.84. The molecule has 0 bridgehead atoms. The zero-order chi connectivity index (χ0) is 8.84. The minimum absolute atomic E-state index is 0.0298. The maximum Gasteiger partial charge on any atom is 0.126 e. The van der Waals surface area contributed by atoms with Crippen molar-refractivity contribution in [3.05, 3.63) is 35.6 Å². The van der Waals surface area contributed by atoms with Crippen molar-refractivity contribution >= 4 is 0 Å². The summed E-state index contributed by atoms with van der Waals surface area (Å²) in [5.41, 5.74) is 0.922. The van der Waals surface area contributed by atoms with Crippen LogP contribution >= 0.6 is 0 Å². The molecular formula is C11H12FN. The second kappa shape index (κ2) is 2.55. The Balaban J connectivity index is 1.89. The molecule has 0 amide bonds. The third kappa shape index (κ3) is 0.953. The number of rotatable bonds is 1. The summed E-state index contributed by atoms with van der Waals surface area (Å²) in [4.78, 5) is 0. The molecule has 1 aromatic carbocycles. The topological polar surface area (TPSA) is 12.0 Å². The second-order valence-corrected chi connectivity index (χ2v) is 4.04. The molecule has 0 aromatic heterocycles. The van der Waals surface area contributed by atoms with Gasteiger partial charge in [-0.2, -0.15) is 0 Å². The Morgan fingerprint density at radius 1 is 1.31 bits per heavy atom. The van der Waals surface area contributed by atoms with Gasteiger partial charge in [0, 0.05) is 12.6 Å². The van der Waals surface area contributed by atoms with E-state index in [1.54, 1.807) is 12.1 Å². The molecule has 1 nitrogen and oxygen atoms in total. The Labute approximate surface area is 77.0 Å². The van der Waals surface area contributed by atoms with E-state index in [1.165, 1.54) is 0 Å². The van der Waals surface area contributed by atoms with E-state index >= 15 is 0 Å². The lowest BCUT2D eigenvalue weighted by molar-refractivity contribution is 0.0731. The van der Waals surface area contributed by atoms with Gasteiger partial charge in [-0.15, -0.1) is 0 Å². The fraction of sp³-hybridized carbons (Fsp3) is 0.455. The van der Waals surface area contributed by atoms with E-state index in [-0.39, 0.29) is 5.82 Å². The number of benzene rings is 1. The SMILES string of the molecule is Fc1ccccc1C1CC2NCC21. The molecule has 68 valence electrons. The van der Waals surface area contributed by atoms with Crippen LogP contribution in [0.2, 0.25) is 0 Å². The van der Waals surface area contributed by atoms with Gasteiger partial charge in [0.25, 0.3) is 0 Å². The van der Waals surface area contributed by atoms with E-state index in [0.29, 0.717) is 17.9 Å². The number of fused-ring (bicyclic) bond motifs is 1. The van der Waals surface area contributed by atoms with Crippen molar-refractivity contribution < 1.29 is 4.39 Å². The van der Waals surface area contributed by atoms with Crippen LogP contribution in [0, 0.1) is 11.7 Å². The summed E-state index contributed by atoms with van der Waals surface area (Å²) in [5.74, 6) is 1.15. The summed E-state index contributed by atoms with van der Waals surface area (Å²) in [6.45, 7) is 1.07. The molecule has 0 radical (unpaired) electrons. The molecule has 3 rings (SSSR count). The number of halogens is 1. The van der Waals surface area contributed by atoms with Crippen LogP contribution in [-0.4, -0.2) is 12.6 Å². The minimum Gasteiger partial charge on any atom is -0.313 e. The van der Waals surface area contributed by atoms with Crippen LogP contribution in [0.4, 0.5) is 4.39 Å². The highest BCUT2D eigenvalue weighted by molar-refractivity contribution is 5.28. The summed E-state index contributed by atoms with van der Waals surface area (Å²) in [6, 6.07) is 7.86. The Morgan fingerprint density at radius 2 is 2.15 bits per heavy atom. The van der Waals surface area contributed by atoms with Gasteiger partial charge in [0.2, 0.25) is 0 Å². The molecule has 1 heterocycles. The third-order valence-corrected chi connectivity index (χ3v) is 3.46. The van der Waals surface area contributed by atoms with Gasteiger partial charge < -0.3 is 5.32 Å². The van der Waals surface area contributed by atoms with Crippen molar-refractivity contribution in [1.82, 2.24) is 5.32 Å². The lowest BCUT2D eigenvalue weighted by atomic mass is 9.61. The lowest BCUT2D eigenvalue weighted by Crippen LogP contribution is -2.63. The highest BCUT2D eigenvalue weighted by Crippen LogP contribution is 2.47. The molecule has 2 fully saturated rings. The Morgan fingerprint density at radius 3 is 2.69 bits per heavy atom. The van der Waals surface area contributed by atoms with Crippen molar-refractivity contribution in [2.45, 2.75) is 18.4 Å². The molecule has 3 atom stereocenters. The average molecular weight is 177 g/mol. The predicted molar refractivity (Wildman–Crippen MR) is 49.0 cm³/mol. The van der Waals surface area contributed by atoms with Gasteiger partial charge in [-0.25, -0.2) is 4.39 Å². The summed E-state index contributed by atoms with van der Waals surface area (Å²) in [7, 11) is 0. The number of hydrogen-bond acceptors (Lipinski definition) is 1. The Hall–Kier alpha value is -0.890. The second-order valence-electron chi connectivity index (χ2n) is 4.04. The first-order chi connectivity index (χ1) is 6.36. The van der Waals surface area contributed by atoms with Crippen LogP contribution in [0.1, 0.15) is 17.9 Å². The van der Waals surface area contributed by atoms with Gasteiger partial charge >= 0.3 is 0 Å². The van der Waals surface area contributed by atoms with Crippen LogP contribution in [0.3, 0.4) is 0 Å². The molecule has 1 saturated carbocycles. The summed E-state index contributed by atoms with van der Waals surface area (Å²) in [5, 5.41) is 3.34. The normalized spacial score (nSPS) is 35.9. The van der Waals surface area contributed by atoms with E-state index < -0.39 is 0 Å². The molecule has 2 heteroatoms. The fourth-order valence-corrected chi connectivity index (χ4v) is 2.49. The Bertz CT molecular complexity index is 337. The number of nitrogens with one attached hydrogen (secondary N) is 1. The van der Waals surface area contributed by atoms with E-state index in [2.05, 4.69) is 5.32 Å². The first kappa shape index (κ1) is 7.51. The highest BCUT2D eigenvalue weighted by atomic mass is 19.1. The molecule has 13 heavy (non-hydrogen) atoms. The fourth-order valence-electron chi connectivity index (χ4n) is 2.49. The summed E-state index contributed by atoms with van der Waals surface area (Å²) < 4.78 is 13.4. The van der Waals surface area contributed by atoms with Gasteiger partial charge in [-0.05, 0) is 29.9 Å². The van der Waals surface area contributed by atoms with Crippen molar-refractivity contribution in [3.8, 4) is 0 Å². The van der Waals surface area contributed by atoms with Gasteiger partial charge in [-0.3, -0.25) is 0 Å². The lowest BCUT2D eigenvalue weighted by Gasteiger charge is -2.54. The molecule has 2 aliphatic rings. The van der Waals surface area contributed by atoms with E-state index in [4.69, 9.17) is 0 Å². The molecule has 1 saturated heterocycles. The van der Waals surface area contributed by atoms with Gasteiger partial charge in [0.05, 0.1) is 0 Å². The maximum absolute atomic E-state index is 13.4. The number of piperidine rings is 1.